The van der Waals surface area contributed by atoms with E-state index in [1.807, 2.05) is 0 Å². The predicted molar refractivity (Wildman–Crippen MR) is 84.1 cm³/mol. The number of nitrogens with zero attached hydrogens (tertiary/aromatic N) is 1. The van der Waals surface area contributed by atoms with Crippen LogP contribution >= 0.6 is 24.0 Å². The van der Waals surface area contributed by atoms with Crippen molar-refractivity contribution in [1.82, 2.24) is 5.32 Å². The summed E-state index contributed by atoms with van der Waals surface area (Å²) in [7, 11) is -2.88. The second-order valence-corrected chi connectivity index (χ2v) is 7.44. The molecule has 1 saturated heterocycles. The predicted octanol–water partition coefficient (Wildman–Crippen LogP) is 0.886. The second-order valence-electron chi connectivity index (χ2n) is 5.03. The Balaban J connectivity index is 0.00000162. The highest BCUT2D eigenvalue weighted by atomic mass is 127. The number of nitrogens with two attached hydrogens (primary N) is 1. The summed E-state index contributed by atoms with van der Waals surface area (Å²) in [6.07, 6.45) is 5.30. The summed E-state index contributed by atoms with van der Waals surface area (Å²) in [6.45, 7) is 1.18. The molecule has 5 nitrogen and oxygen atoms in total. The van der Waals surface area contributed by atoms with Crippen molar-refractivity contribution in [3.05, 3.63) is 0 Å². The number of halogens is 1. The van der Waals surface area contributed by atoms with Crippen molar-refractivity contribution in [2.24, 2.45) is 16.6 Å². The highest BCUT2D eigenvalue weighted by Crippen LogP contribution is 2.26. The van der Waals surface area contributed by atoms with Crippen molar-refractivity contribution in [2.75, 3.05) is 18.8 Å². The first-order valence-corrected chi connectivity index (χ1v) is 8.05. The van der Waals surface area contributed by atoms with Crippen LogP contribution < -0.4 is 11.1 Å². The van der Waals surface area contributed by atoms with E-state index in [9.17, 15) is 8.42 Å². The van der Waals surface area contributed by atoms with E-state index >= 15 is 0 Å². The number of rotatable bonds is 4. The van der Waals surface area contributed by atoms with Crippen molar-refractivity contribution in [1.29, 1.82) is 0 Å². The fraction of sp³-hybridized carbons (Fsp3) is 0.909. The Morgan fingerprint density at radius 1 is 1.28 bits per heavy atom. The average molecular weight is 387 g/mol. The molecule has 7 heteroatoms. The van der Waals surface area contributed by atoms with E-state index < -0.39 is 9.84 Å². The van der Waals surface area contributed by atoms with E-state index in [0.717, 1.165) is 19.4 Å². The van der Waals surface area contributed by atoms with E-state index in [1.54, 1.807) is 0 Å². The molecule has 0 amide bonds. The number of hydrogen-bond acceptors (Lipinski definition) is 3. The molecule has 2 fully saturated rings. The smallest absolute Gasteiger partial charge is 0.188 e. The fourth-order valence-electron chi connectivity index (χ4n) is 2.26. The van der Waals surface area contributed by atoms with Gasteiger partial charge in [-0.1, -0.05) is 6.42 Å². The lowest BCUT2D eigenvalue weighted by Crippen LogP contribution is -2.39. The summed E-state index contributed by atoms with van der Waals surface area (Å²) >= 11 is 0. The minimum atomic E-state index is -2.88. The highest BCUT2D eigenvalue weighted by Gasteiger charge is 2.30. The molecular formula is C11H22IN3O2S. The SMILES string of the molecule is I.NC(=NCC1CCC1)NCC1CCCS1(=O)=O. The van der Waals surface area contributed by atoms with Crippen molar-refractivity contribution in [3.63, 3.8) is 0 Å². The summed E-state index contributed by atoms with van der Waals surface area (Å²) in [6, 6.07) is 0. The molecule has 1 atom stereocenters. The van der Waals surface area contributed by atoms with Gasteiger partial charge in [0.15, 0.2) is 15.8 Å². The molecule has 1 aliphatic heterocycles. The van der Waals surface area contributed by atoms with E-state index in [-0.39, 0.29) is 29.2 Å². The molecule has 3 N–H and O–H groups in total. The third-order valence-electron chi connectivity index (χ3n) is 3.72. The van der Waals surface area contributed by atoms with Crippen molar-refractivity contribution in [2.45, 2.75) is 37.4 Å². The van der Waals surface area contributed by atoms with Gasteiger partial charge in [-0.2, -0.15) is 0 Å². The second kappa shape index (κ2) is 6.93. The molecule has 106 valence electrons. The molecular weight excluding hydrogens is 365 g/mol. The van der Waals surface area contributed by atoms with E-state index in [4.69, 9.17) is 5.73 Å². The monoisotopic (exact) mass is 387 g/mol. The van der Waals surface area contributed by atoms with Crippen LogP contribution in [0.1, 0.15) is 32.1 Å². The summed E-state index contributed by atoms with van der Waals surface area (Å²) < 4.78 is 23.2. The molecule has 18 heavy (non-hydrogen) atoms. The van der Waals surface area contributed by atoms with Gasteiger partial charge in [0.1, 0.15) is 0 Å². The van der Waals surface area contributed by atoms with Crippen LogP contribution in [0.4, 0.5) is 0 Å². The van der Waals surface area contributed by atoms with Gasteiger partial charge in [-0.25, -0.2) is 8.42 Å². The van der Waals surface area contributed by atoms with Gasteiger partial charge in [0.2, 0.25) is 0 Å². The number of guanidine groups is 1. The zero-order chi connectivity index (χ0) is 12.3. The van der Waals surface area contributed by atoms with E-state index in [2.05, 4.69) is 10.3 Å². The van der Waals surface area contributed by atoms with Gasteiger partial charge in [0.05, 0.1) is 11.0 Å². The molecule has 1 heterocycles. The van der Waals surface area contributed by atoms with Crippen LogP contribution in [0.3, 0.4) is 0 Å². The van der Waals surface area contributed by atoms with Gasteiger partial charge < -0.3 is 11.1 Å². The standard InChI is InChI=1S/C11H21N3O2S.HI/c12-11(13-7-9-3-1-4-9)14-8-10-5-2-6-17(10,15)16;/h9-10H,1-8H2,(H3,12,13,14);1H. The third-order valence-corrected chi connectivity index (χ3v) is 5.99. The van der Waals surface area contributed by atoms with Crippen LogP contribution in [0.15, 0.2) is 4.99 Å². The molecule has 0 bridgehead atoms. The van der Waals surface area contributed by atoms with Gasteiger partial charge >= 0.3 is 0 Å². The minimum Gasteiger partial charge on any atom is -0.370 e. The quantitative estimate of drug-likeness (QED) is 0.426. The third kappa shape index (κ3) is 4.25. The maximum atomic E-state index is 11.6. The zero-order valence-corrected chi connectivity index (χ0v) is 13.6. The Kier molecular flexibility index (Phi) is 6.16. The largest absolute Gasteiger partial charge is 0.370 e. The summed E-state index contributed by atoms with van der Waals surface area (Å²) in [5.41, 5.74) is 5.71. The molecule has 1 unspecified atom stereocenters. The maximum Gasteiger partial charge on any atom is 0.188 e. The molecule has 0 radical (unpaired) electrons. The molecule has 0 aromatic rings. The molecule has 0 aromatic heterocycles. The number of hydrogen-bond donors (Lipinski definition) is 2. The van der Waals surface area contributed by atoms with Gasteiger partial charge in [-0.15, -0.1) is 24.0 Å². The highest BCUT2D eigenvalue weighted by molar-refractivity contribution is 14.0. The van der Waals surface area contributed by atoms with Crippen LogP contribution in [0.2, 0.25) is 0 Å². The zero-order valence-electron chi connectivity index (χ0n) is 10.5. The summed E-state index contributed by atoms with van der Waals surface area (Å²) in [5, 5.41) is 2.65. The van der Waals surface area contributed by atoms with Crippen LogP contribution in [0.25, 0.3) is 0 Å². The molecule has 1 aliphatic carbocycles. The molecule has 0 spiro atoms. The van der Waals surface area contributed by atoms with Gasteiger partial charge in [0, 0.05) is 13.1 Å². The minimum absolute atomic E-state index is 0. The number of sulfone groups is 1. The normalized spacial score (nSPS) is 27.3. The molecule has 0 aromatic carbocycles. The van der Waals surface area contributed by atoms with E-state index in [0.29, 0.717) is 24.2 Å². The van der Waals surface area contributed by atoms with Crippen LogP contribution in [-0.2, 0) is 9.84 Å². The maximum absolute atomic E-state index is 11.6. The molecule has 1 saturated carbocycles. The lowest BCUT2D eigenvalue weighted by atomic mass is 9.86. The number of nitrogens with one attached hydrogen (secondary N) is 1. The van der Waals surface area contributed by atoms with Crippen molar-refractivity contribution in [3.8, 4) is 0 Å². The Morgan fingerprint density at radius 3 is 2.50 bits per heavy atom. The van der Waals surface area contributed by atoms with Crippen LogP contribution in [0, 0.1) is 5.92 Å². The lowest BCUT2D eigenvalue weighted by Gasteiger charge is -2.23. The van der Waals surface area contributed by atoms with Crippen molar-refractivity contribution >= 4 is 39.8 Å². The Bertz CT molecular complexity index is 393. The van der Waals surface area contributed by atoms with Gasteiger partial charge in [-0.3, -0.25) is 4.99 Å². The first-order valence-electron chi connectivity index (χ1n) is 6.33. The Morgan fingerprint density at radius 2 is 2.00 bits per heavy atom. The topological polar surface area (TPSA) is 84.5 Å². The van der Waals surface area contributed by atoms with Crippen LogP contribution in [0.5, 0.6) is 0 Å². The van der Waals surface area contributed by atoms with E-state index in [1.165, 1.54) is 19.3 Å². The fourth-order valence-corrected chi connectivity index (χ4v) is 4.03. The Labute approximate surface area is 126 Å². The Hall–Kier alpha value is -0.0500. The van der Waals surface area contributed by atoms with Crippen LogP contribution in [-0.4, -0.2) is 38.5 Å². The summed E-state index contributed by atoms with van der Waals surface area (Å²) in [4.78, 5) is 4.24. The van der Waals surface area contributed by atoms with Crippen molar-refractivity contribution < 1.29 is 8.42 Å². The first kappa shape index (κ1) is 16.0. The van der Waals surface area contributed by atoms with Gasteiger partial charge in [0.25, 0.3) is 0 Å². The lowest BCUT2D eigenvalue weighted by molar-refractivity contribution is 0.326. The number of aliphatic imine (C=N–C) groups is 1. The first-order chi connectivity index (χ1) is 8.08. The molecule has 2 aliphatic rings. The van der Waals surface area contributed by atoms with Gasteiger partial charge in [-0.05, 0) is 31.6 Å². The molecule has 2 rings (SSSR count). The summed E-state index contributed by atoms with van der Waals surface area (Å²) in [5.74, 6) is 1.39. The average Bonchev–Trinajstić information content (AvgIpc) is 2.52.